The number of rotatable bonds is 7. The van der Waals surface area contributed by atoms with Crippen LogP contribution in [0.5, 0.6) is 0 Å². The average Bonchev–Trinajstić information content (AvgIpc) is 3.03. The van der Waals surface area contributed by atoms with Crippen LogP contribution in [0.25, 0.3) is 0 Å². The second-order valence-corrected chi connectivity index (χ2v) is 10.3. The molecular weight excluding hydrogens is 386 g/mol. The number of aliphatic imine (C=N–C) groups is 1. The lowest BCUT2D eigenvalue weighted by molar-refractivity contribution is 0.263. The molecule has 0 aliphatic carbocycles. The highest BCUT2D eigenvalue weighted by molar-refractivity contribution is 7.86. The number of ether oxygens (including phenoxy) is 1. The van der Waals surface area contributed by atoms with E-state index in [0.29, 0.717) is 13.0 Å². The molecule has 0 unspecified atom stereocenters. The first kappa shape index (κ1) is 21.5. The maximum Gasteiger partial charge on any atom is 0.296 e. The van der Waals surface area contributed by atoms with Crippen LogP contribution >= 0.6 is 0 Å². The van der Waals surface area contributed by atoms with E-state index in [4.69, 9.17) is 13.9 Å². The standard InChI is InChI=1S/C23H29NO4S/c1-17-9-11-20(12-10-17)29(25,26)28-14-13-18-7-6-8-19(15-18)23(4,5)21-24-22(2,3)16-27-21/h6-12,15H,13-14,16H2,1-5H3. The molecule has 1 heterocycles. The lowest BCUT2D eigenvalue weighted by Crippen LogP contribution is -2.29. The minimum atomic E-state index is -3.75. The summed E-state index contributed by atoms with van der Waals surface area (Å²) in [5.74, 6) is 0.734. The van der Waals surface area contributed by atoms with Crippen molar-refractivity contribution < 1.29 is 17.3 Å². The van der Waals surface area contributed by atoms with E-state index < -0.39 is 10.1 Å². The van der Waals surface area contributed by atoms with E-state index in [2.05, 4.69) is 33.8 Å². The van der Waals surface area contributed by atoms with Crippen molar-refractivity contribution in [1.82, 2.24) is 0 Å². The van der Waals surface area contributed by atoms with Gasteiger partial charge in [0.2, 0.25) is 0 Å². The third-order valence-corrected chi connectivity index (χ3v) is 6.42. The minimum absolute atomic E-state index is 0.0879. The highest BCUT2D eigenvalue weighted by Gasteiger charge is 2.37. The summed E-state index contributed by atoms with van der Waals surface area (Å²) in [6, 6.07) is 14.7. The molecule has 1 aliphatic rings. The molecular formula is C23H29NO4S. The first-order chi connectivity index (χ1) is 13.5. The number of hydrogen-bond acceptors (Lipinski definition) is 5. The Morgan fingerprint density at radius 2 is 1.83 bits per heavy atom. The highest BCUT2D eigenvalue weighted by atomic mass is 32.2. The zero-order valence-corrected chi connectivity index (χ0v) is 18.5. The Hall–Kier alpha value is -2.18. The van der Waals surface area contributed by atoms with E-state index in [-0.39, 0.29) is 22.5 Å². The molecule has 0 saturated heterocycles. The van der Waals surface area contributed by atoms with Crippen LogP contribution in [0.4, 0.5) is 0 Å². The molecule has 156 valence electrons. The van der Waals surface area contributed by atoms with Gasteiger partial charge in [-0.2, -0.15) is 8.42 Å². The van der Waals surface area contributed by atoms with Gasteiger partial charge in [-0.3, -0.25) is 4.18 Å². The van der Waals surface area contributed by atoms with Crippen LogP contribution in [0.2, 0.25) is 0 Å². The summed E-state index contributed by atoms with van der Waals surface area (Å²) in [6.45, 7) is 10.9. The first-order valence-electron chi connectivity index (χ1n) is 9.78. The van der Waals surface area contributed by atoms with Gasteiger partial charge in [-0.15, -0.1) is 0 Å². The Morgan fingerprint density at radius 1 is 1.14 bits per heavy atom. The lowest BCUT2D eigenvalue weighted by Gasteiger charge is -2.25. The van der Waals surface area contributed by atoms with Gasteiger partial charge >= 0.3 is 0 Å². The number of hydrogen-bond donors (Lipinski definition) is 0. The van der Waals surface area contributed by atoms with Crippen molar-refractivity contribution in [2.24, 2.45) is 4.99 Å². The highest BCUT2D eigenvalue weighted by Crippen LogP contribution is 2.32. The average molecular weight is 416 g/mol. The van der Waals surface area contributed by atoms with Gasteiger partial charge in [-0.05, 0) is 64.3 Å². The molecule has 0 amide bonds. The quantitative estimate of drug-likeness (QED) is 0.628. The second-order valence-electron chi connectivity index (χ2n) is 8.68. The van der Waals surface area contributed by atoms with Gasteiger partial charge in [0.25, 0.3) is 10.1 Å². The molecule has 0 spiro atoms. The summed E-state index contributed by atoms with van der Waals surface area (Å²) in [5, 5.41) is 0. The molecule has 29 heavy (non-hydrogen) atoms. The van der Waals surface area contributed by atoms with E-state index >= 15 is 0 Å². The Kier molecular flexibility index (Phi) is 5.88. The number of nitrogens with zero attached hydrogens (tertiary/aromatic N) is 1. The lowest BCUT2D eigenvalue weighted by atomic mass is 9.83. The molecule has 0 N–H and O–H groups in total. The van der Waals surface area contributed by atoms with Gasteiger partial charge in [0.1, 0.15) is 6.61 Å². The summed E-state index contributed by atoms with van der Waals surface area (Å²) in [4.78, 5) is 4.90. The minimum Gasteiger partial charge on any atom is -0.478 e. The monoisotopic (exact) mass is 415 g/mol. The van der Waals surface area contributed by atoms with Gasteiger partial charge < -0.3 is 4.74 Å². The molecule has 0 bridgehead atoms. The van der Waals surface area contributed by atoms with Crippen molar-refractivity contribution >= 4 is 16.0 Å². The predicted octanol–water partition coefficient (Wildman–Crippen LogP) is 4.43. The maximum absolute atomic E-state index is 12.3. The Morgan fingerprint density at radius 3 is 2.45 bits per heavy atom. The third-order valence-electron chi connectivity index (χ3n) is 5.09. The fourth-order valence-electron chi connectivity index (χ4n) is 3.19. The predicted molar refractivity (Wildman–Crippen MR) is 115 cm³/mol. The Bertz CT molecular complexity index is 1010. The van der Waals surface area contributed by atoms with Crippen LogP contribution in [0.1, 0.15) is 44.4 Å². The van der Waals surface area contributed by atoms with Crippen LogP contribution in [0.3, 0.4) is 0 Å². The van der Waals surface area contributed by atoms with Crippen LogP contribution in [-0.4, -0.2) is 33.1 Å². The zero-order chi connectivity index (χ0) is 21.3. The van der Waals surface area contributed by atoms with E-state index in [1.165, 1.54) is 0 Å². The van der Waals surface area contributed by atoms with Crippen molar-refractivity contribution in [3.63, 3.8) is 0 Å². The second kappa shape index (κ2) is 7.92. The van der Waals surface area contributed by atoms with Crippen molar-refractivity contribution in [3.8, 4) is 0 Å². The molecule has 0 aromatic heterocycles. The smallest absolute Gasteiger partial charge is 0.296 e. The molecule has 0 radical (unpaired) electrons. The first-order valence-corrected chi connectivity index (χ1v) is 11.2. The van der Waals surface area contributed by atoms with Crippen LogP contribution in [-0.2, 0) is 30.9 Å². The third kappa shape index (κ3) is 5.06. The summed E-state index contributed by atoms with van der Waals surface area (Å²) in [7, 11) is -3.75. The van der Waals surface area contributed by atoms with E-state index in [0.717, 1.165) is 22.6 Å². The summed E-state index contributed by atoms with van der Waals surface area (Å²) in [5.41, 5.74) is 2.52. The maximum atomic E-state index is 12.3. The van der Waals surface area contributed by atoms with E-state index in [1.54, 1.807) is 24.3 Å². The van der Waals surface area contributed by atoms with Crippen molar-refractivity contribution in [3.05, 3.63) is 65.2 Å². The summed E-state index contributed by atoms with van der Waals surface area (Å²) < 4.78 is 35.8. The van der Waals surface area contributed by atoms with Gasteiger partial charge in [-0.1, -0.05) is 42.0 Å². The SMILES string of the molecule is Cc1ccc(S(=O)(=O)OCCc2cccc(C(C)(C)C3=NC(C)(C)CO3)c2)cc1. The van der Waals surface area contributed by atoms with Gasteiger partial charge in [0.05, 0.1) is 22.5 Å². The zero-order valence-electron chi connectivity index (χ0n) is 17.7. The normalized spacial score (nSPS) is 16.4. The number of aryl methyl sites for hydroxylation is 1. The topological polar surface area (TPSA) is 65.0 Å². The van der Waals surface area contributed by atoms with Crippen molar-refractivity contribution in [2.45, 2.75) is 56.9 Å². The van der Waals surface area contributed by atoms with Crippen LogP contribution in [0.15, 0.2) is 58.4 Å². The molecule has 5 nitrogen and oxygen atoms in total. The van der Waals surface area contributed by atoms with Crippen LogP contribution in [0, 0.1) is 6.92 Å². The van der Waals surface area contributed by atoms with E-state index in [1.807, 2.05) is 25.1 Å². The molecule has 2 aromatic carbocycles. The summed E-state index contributed by atoms with van der Waals surface area (Å²) in [6.07, 6.45) is 0.494. The van der Waals surface area contributed by atoms with Gasteiger partial charge in [0, 0.05) is 0 Å². The Labute approximate surface area is 173 Å². The van der Waals surface area contributed by atoms with Gasteiger partial charge in [0.15, 0.2) is 5.90 Å². The fourth-order valence-corrected chi connectivity index (χ4v) is 4.09. The molecule has 0 saturated carbocycles. The molecule has 0 atom stereocenters. The molecule has 2 aromatic rings. The van der Waals surface area contributed by atoms with Crippen molar-refractivity contribution in [2.75, 3.05) is 13.2 Å². The van der Waals surface area contributed by atoms with E-state index in [9.17, 15) is 8.42 Å². The molecule has 0 fully saturated rings. The van der Waals surface area contributed by atoms with Crippen molar-refractivity contribution in [1.29, 1.82) is 0 Å². The van der Waals surface area contributed by atoms with Gasteiger partial charge in [-0.25, -0.2) is 4.99 Å². The summed E-state index contributed by atoms with van der Waals surface area (Å²) >= 11 is 0. The molecule has 3 rings (SSSR count). The largest absolute Gasteiger partial charge is 0.478 e. The fraction of sp³-hybridized carbons (Fsp3) is 0.435. The molecule has 1 aliphatic heterocycles. The Balaban J connectivity index is 1.68. The number of benzene rings is 2. The van der Waals surface area contributed by atoms with Crippen LogP contribution < -0.4 is 0 Å². The molecule has 6 heteroatoms.